The lowest BCUT2D eigenvalue weighted by Gasteiger charge is -2.25. The van der Waals surface area contributed by atoms with E-state index in [4.69, 9.17) is 13.3 Å². The summed E-state index contributed by atoms with van der Waals surface area (Å²) in [5.41, 5.74) is 0. The van der Waals surface area contributed by atoms with E-state index in [0.717, 1.165) is 24.3 Å². The molecule has 1 atom stereocenters. The number of hydrogen-bond acceptors (Lipinski definition) is 3. The third-order valence-corrected chi connectivity index (χ3v) is 7.38. The Kier molecular flexibility index (Phi) is 13.6. The van der Waals surface area contributed by atoms with E-state index in [9.17, 15) is 0 Å². The number of unbranched alkanes of at least 4 members (excludes halogenated alkanes) is 4. The van der Waals surface area contributed by atoms with E-state index in [0.29, 0.717) is 0 Å². The quantitative estimate of drug-likeness (QED) is 0.286. The van der Waals surface area contributed by atoms with Gasteiger partial charge in [-0.05, 0) is 24.7 Å². The van der Waals surface area contributed by atoms with Crippen LogP contribution in [-0.2, 0) is 13.3 Å². The molecular formula is C18H40O3Si. The number of hydrogen-bond donors (Lipinski definition) is 0. The Morgan fingerprint density at radius 2 is 1.32 bits per heavy atom. The highest BCUT2D eigenvalue weighted by atomic mass is 28.4. The van der Waals surface area contributed by atoms with Gasteiger partial charge in [-0.3, -0.25) is 0 Å². The maximum Gasteiger partial charge on any atom is 0.500 e. The zero-order valence-electron chi connectivity index (χ0n) is 16.0. The van der Waals surface area contributed by atoms with Crippen molar-refractivity contribution in [2.75, 3.05) is 21.3 Å². The lowest BCUT2D eigenvalue weighted by atomic mass is 9.88. The molecule has 0 aromatic rings. The SMILES string of the molecule is CCCCCCCC(CCC[Si](OC)(OC)OC)CC(C)C. The molecule has 0 aliphatic rings. The maximum atomic E-state index is 5.52. The predicted octanol–water partition coefficient (Wildman–Crippen LogP) is 5.67. The van der Waals surface area contributed by atoms with Crippen molar-refractivity contribution in [3.8, 4) is 0 Å². The fourth-order valence-electron chi connectivity index (χ4n) is 3.25. The van der Waals surface area contributed by atoms with E-state index in [2.05, 4.69) is 20.8 Å². The molecule has 1 unspecified atom stereocenters. The lowest BCUT2D eigenvalue weighted by Crippen LogP contribution is -2.42. The largest absolute Gasteiger partial charge is 0.500 e. The minimum atomic E-state index is -2.37. The molecule has 0 aromatic heterocycles. The van der Waals surface area contributed by atoms with Gasteiger partial charge >= 0.3 is 8.80 Å². The average Bonchev–Trinajstić information content (AvgIpc) is 2.51. The Labute approximate surface area is 140 Å². The minimum Gasteiger partial charge on any atom is -0.377 e. The molecular weight excluding hydrogens is 292 g/mol. The Bertz CT molecular complexity index is 234. The van der Waals surface area contributed by atoms with Gasteiger partial charge in [-0.1, -0.05) is 65.7 Å². The monoisotopic (exact) mass is 332 g/mol. The van der Waals surface area contributed by atoms with Crippen molar-refractivity contribution in [3.63, 3.8) is 0 Å². The smallest absolute Gasteiger partial charge is 0.377 e. The van der Waals surface area contributed by atoms with Crippen LogP contribution in [0.3, 0.4) is 0 Å². The molecule has 0 saturated carbocycles. The fraction of sp³-hybridized carbons (Fsp3) is 1.00. The van der Waals surface area contributed by atoms with Crippen molar-refractivity contribution in [3.05, 3.63) is 0 Å². The second-order valence-electron chi connectivity index (χ2n) is 6.89. The Balaban J connectivity index is 4.12. The molecule has 0 spiro atoms. The molecule has 0 saturated heterocycles. The van der Waals surface area contributed by atoms with Crippen LogP contribution >= 0.6 is 0 Å². The first-order valence-electron chi connectivity index (χ1n) is 9.19. The molecule has 3 nitrogen and oxygen atoms in total. The van der Waals surface area contributed by atoms with Crippen LogP contribution in [0.15, 0.2) is 0 Å². The van der Waals surface area contributed by atoms with Gasteiger partial charge in [0.15, 0.2) is 0 Å². The van der Waals surface area contributed by atoms with Crippen LogP contribution in [0.1, 0.15) is 78.6 Å². The summed E-state index contributed by atoms with van der Waals surface area (Å²) in [5.74, 6) is 1.63. The predicted molar refractivity (Wildman–Crippen MR) is 97.1 cm³/mol. The van der Waals surface area contributed by atoms with Crippen LogP contribution in [0, 0.1) is 11.8 Å². The molecule has 0 radical (unpaired) electrons. The average molecular weight is 333 g/mol. The van der Waals surface area contributed by atoms with Gasteiger partial charge in [0.25, 0.3) is 0 Å². The first-order valence-corrected chi connectivity index (χ1v) is 11.1. The molecule has 0 amide bonds. The van der Waals surface area contributed by atoms with Gasteiger partial charge in [-0.25, -0.2) is 0 Å². The molecule has 0 fully saturated rings. The first-order chi connectivity index (χ1) is 10.5. The molecule has 0 rings (SSSR count). The summed E-state index contributed by atoms with van der Waals surface area (Å²) in [6.07, 6.45) is 12.0. The van der Waals surface area contributed by atoms with Crippen molar-refractivity contribution in [2.24, 2.45) is 11.8 Å². The molecule has 22 heavy (non-hydrogen) atoms. The van der Waals surface area contributed by atoms with Gasteiger partial charge in [0.05, 0.1) is 0 Å². The molecule has 0 N–H and O–H groups in total. The minimum absolute atomic E-state index is 0.787. The van der Waals surface area contributed by atoms with Crippen LogP contribution in [0.5, 0.6) is 0 Å². The highest BCUT2D eigenvalue weighted by molar-refractivity contribution is 6.60. The maximum absolute atomic E-state index is 5.52. The molecule has 0 aliphatic carbocycles. The summed E-state index contributed by atoms with van der Waals surface area (Å²) < 4.78 is 16.6. The Hall–Kier alpha value is 0.0969. The Morgan fingerprint density at radius 1 is 0.773 bits per heavy atom. The second kappa shape index (κ2) is 13.5. The zero-order valence-corrected chi connectivity index (χ0v) is 17.0. The third-order valence-electron chi connectivity index (χ3n) is 4.55. The molecule has 0 aromatic carbocycles. The summed E-state index contributed by atoms with van der Waals surface area (Å²) in [5, 5.41) is 0. The molecule has 0 heterocycles. The summed E-state index contributed by atoms with van der Waals surface area (Å²) in [4.78, 5) is 0. The zero-order chi connectivity index (χ0) is 16.8. The number of rotatable bonds is 15. The van der Waals surface area contributed by atoms with Gasteiger partial charge in [0.1, 0.15) is 0 Å². The van der Waals surface area contributed by atoms with Crippen LogP contribution in [-0.4, -0.2) is 30.1 Å². The van der Waals surface area contributed by atoms with E-state index < -0.39 is 8.80 Å². The van der Waals surface area contributed by atoms with Gasteiger partial charge in [0.2, 0.25) is 0 Å². The summed E-state index contributed by atoms with van der Waals surface area (Å²) in [6.45, 7) is 6.95. The van der Waals surface area contributed by atoms with E-state index >= 15 is 0 Å². The molecule has 0 aliphatic heterocycles. The van der Waals surface area contributed by atoms with Crippen molar-refractivity contribution >= 4 is 8.80 Å². The topological polar surface area (TPSA) is 27.7 Å². The van der Waals surface area contributed by atoms with Gasteiger partial charge in [0, 0.05) is 27.4 Å². The van der Waals surface area contributed by atoms with Crippen LogP contribution in [0.4, 0.5) is 0 Å². The van der Waals surface area contributed by atoms with Gasteiger partial charge in [-0.15, -0.1) is 0 Å². The van der Waals surface area contributed by atoms with Crippen LogP contribution < -0.4 is 0 Å². The molecule has 134 valence electrons. The normalized spacial score (nSPS) is 13.8. The first kappa shape index (κ1) is 22.1. The van der Waals surface area contributed by atoms with E-state index in [-0.39, 0.29) is 0 Å². The molecule has 0 bridgehead atoms. The van der Waals surface area contributed by atoms with Gasteiger partial charge < -0.3 is 13.3 Å². The highest BCUT2D eigenvalue weighted by Crippen LogP contribution is 2.26. The standard InChI is InChI=1S/C18H40O3Si/c1-7-8-9-10-11-13-18(16-17(2)3)14-12-15-22(19-4,20-5)21-6/h17-18H,7-16H2,1-6H3. The summed E-state index contributed by atoms with van der Waals surface area (Å²) in [7, 11) is 2.75. The van der Waals surface area contributed by atoms with Crippen molar-refractivity contribution in [1.29, 1.82) is 0 Å². The molecule has 4 heteroatoms. The van der Waals surface area contributed by atoms with Crippen LogP contribution in [0.2, 0.25) is 6.04 Å². The van der Waals surface area contributed by atoms with Crippen LogP contribution in [0.25, 0.3) is 0 Å². The summed E-state index contributed by atoms with van der Waals surface area (Å²) in [6, 6.07) is 0.931. The van der Waals surface area contributed by atoms with Crippen molar-refractivity contribution < 1.29 is 13.3 Å². The van der Waals surface area contributed by atoms with Crippen molar-refractivity contribution in [2.45, 2.75) is 84.6 Å². The van der Waals surface area contributed by atoms with E-state index in [1.165, 1.54) is 51.4 Å². The second-order valence-corrected chi connectivity index (χ2v) is 9.98. The summed E-state index contributed by atoms with van der Waals surface area (Å²) >= 11 is 0. The van der Waals surface area contributed by atoms with E-state index in [1.807, 2.05) is 0 Å². The lowest BCUT2D eigenvalue weighted by molar-refractivity contribution is 0.122. The van der Waals surface area contributed by atoms with Crippen molar-refractivity contribution in [1.82, 2.24) is 0 Å². The Morgan fingerprint density at radius 3 is 1.82 bits per heavy atom. The van der Waals surface area contributed by atoms with E-state index in [1.54, 1.807) is 21.3 Å². The highest BCUT2D eigenvalue weighted by Gasteiger charge is 2.37. The third kappa shape index (κ3) is 9.98. The fourth-order valence-corrected chi connectivity index (χ4v) is 5.00. The van der Waals surface area contributed by atoms with Gasteiger partial charge in [-0.2, -0.15) is 0 Å².